The summed E-state index contributed by atoms with van der Waals surface area (Å²) >= 11 is 11.9. The molecule has 1 atom stereocenters. The number of aliphatic hydroxyl groups is 1. The third-order valence-electron chi connectivity index (χ3n) is 2.99. The summed E-state index contributed by atoms with van der Waals surface area (Å²) in [6.07, 6.45) is -0.734. The Morgan fingerprint density at radius 3 is 2.16 bits per heavy atom. The van der Waals surface area contributed by atoms with E-state index >= 15 is 0 Å². The summed E-state index contributed by atoms with van der Waals surface area (Å²) in [4.78, 5) is 0. The van der Waals surface area contributed by atoms with Gasteiger partial charge in [0, 0.05) is 5.02 Å². The molecule has 19 heavy (non-hydrogen) atoms. The Hall–Kier alpha value is -1.22. The first-order valence-corrected chi connectivity index (χ1v) is 6.56. The normalized spacial score (nSPS) is 12.3. The molecule has 0 aromatic heterocycles. The van der Waals surface area contributed by atoms with Crippen molar-refractivity contribution in [2.75, 3.05) is 7.11 Å². The van der Waals surface area contributed by atoms with E-state index < -0.39 is 6.10 Å². The van der Waals surface area contributed by atoms with Crippen LogP contribution in [0.25, 0.3) is 0 Å². The van der Waals surface area contributed by atoms with Crippen molar-refractivity contribution in [2.45, 2.75) is 13.0 Å². The van der Waals surface area contributed by atoms with Crippen molar-refractivity contribution in [2.24, 2.45) is 0 Å². The van der Waals surface area contributed by atoms with E-state index in [1.165, 1.54) is 0 Å². The van der Waals surface area contributed by atoms with Gasteiger partial charge in [-0.05, 0) is 41.8 Å². The van der Waals surface area contributed by atoms with Crippen LogP contribution in [-0.2, 0) is 0 Å². The van der Waals surface area contributed by atoms with Gasteiger partial charge in [-0.1, -0.05) is 41.4 Å². The van der Waals surface area contributed by atoms with Gasteiger partial charge in [-0.15, -0.1) is 0 Å². The van der Waals surface area contributed by atoms with Crippen LogP contribution < -0.4 is 4.74 Å². The van der Waals surface area contributed by atoms with Gasteiger partial charge in [0.25, 0.3) is 0 Å². The lowest BCUT2D eigenvalue weighted by Gasteiger charge is -2.14. The van der Waals surface area contributed by atoms with Crippen LogP contribution in [0.3, 0.4) is 0 Å². The number of benzene rings is 2. The molecule has 2 aromatic carbocycles. The van der Waals surface area contributed by atoms with Gasteiger partial charge in [0.2, 0.25) is 0 Å². The predicted molar refractivity (Wildman–Crippen MR) is 78.3 cm³/mol. The molecule has 0 saturated carbocycles. The molecule has 1 N–H and O–H groups in total. The molecule has 0 aliphatic rings. The van der Waals surface area contributed by atoms with E-state index in [1.54, 1.807) is 37.4 Å². The number of ether oxygens (including phenoxy) is 1. The first kappa shape index (κ1) is 14.2. The van der Waals surface area contributed by atoms with E-state index in [0.717, 1.165) is 16.7 Å². The van der Waals surface area contributed by atoms with Crippen LogP contribution in [0.1, 0.15) is 22.8 Å². The smallest absolute Gasteiger partial charge is 0.137 e. The third kappa shape index (κ3) is 3.03. The molecule has 100 valence electrons. The lowest BCUT2D eigenvalue weighted by Crippen LogP contribution is -2.00. The van der Waals surface area contributed by atoms with Crippen molar-refractivity contribution >= 4 is 23.2 Å². The maximum absolute atomic E-state index is 10.4. The van der Waals surface area contributed by atoms with Gasteiger partial charge in [0.15, 0.2) is 0 Å². The average Bonchev–Trinajstić information content (AvgIpc) is 2.41. The van der Waals surface area contributed by atoms with Gasteiger partial charge < -0.3 is 9.84 Å². The van der Waals surface area contributed by atoms with Crippen molar-refractivity contribution < 1.29 is 9.84 Å². The molecule has 2 aromatic rings. The lowest BCUT2D eigenvalue weighted by atomic mass is 10.00. The van der Waals surface area contributed by atoms with Crippen LogP contribution in [0.2, 0.25) is 10.0 Å². The maximum atomic E-state index is 10.4. The van der Waals surface area contributed by atoms with Crippen LogP contribution in [-0.4, -0.2) is 12.2 Å². The van der Waals surface area contributed by atoms with Crippen molar-refractivity contribution in [3.63, 3.8) is 0 Å². The Morgan fingerprint density at radius 1 is 1.00 bits per heavy atom. The Kier molecular flexibility index (Phi) is 4.35. The van der Waals surface area contributed by atoms with E-state index in [9.17, 15) is 5.11 Å². The Balaban J connectivity index is 2.37. The minimum atomic E-state index is -0.734. The highest BCUT2D eigenvalue weighted by Crippen LogP contribution is 2.31. The fourth-order valence-corrected chi connectivity index (χ4v) is 2.19. The number of halogens is 2. The molecule has 0 amide bonds. The molecule has 0 saturated heterocycles. The highest BCUT2D eigenvalue weighted by atomic mass is 35.5. The van der Waals surface area contributed by atoms with Gasteiger partial charge in [0.05, 0.1) is 12.1 Å². The molecule has 1 unspecified atom stereocenters. The summed E-state index contributed by atoms with van der Waals surface area (Å²) in [7, 11) is 1.55. The molecule has 0 bridgehead atoms. The minimum Gasteiger partial charge on any atom is -0.495 e. The largest absolute Gasteiger partial charge is 0.495 e. The van der Waals surface area contributed by atoms with Gasteiger partial charge >= 0.3 is 0 Å². The van der Waals surface area contributed by atoms with E-state index in [1.807, 2.05) is 13.0 Å². The number of methoxy groups -OCH3 is 1. The molecule has 4 heteroatoms. The highest BCUT2D eigenvalue weighted by molar-refractivity contribution is 6.32. The van der Waals surface area contributed by atoms with Crippen molar-refractivity contribution in [3.8, 4) is 5.75 Å². The molecule has 0 heterocycles. The SMILES string of the molecule is COc1cc(C(O)c2ccc(Cl)c(C)c2)ccc1Cl. The highest BCUT2D eigenvalue weighted by Gasteiger charge is 2.13. The maximum Gasteiger partial charge on any atom is 0.137 e. The van der Waals surface area contributed by atoms with Crippen molar-refractivity contribution in [1.82, 2.24) is 0 Å². The first-order chi connectivity index (χ1) is 9.02. The molecular formula is C15H14Cl2O2. The van der Waals surface area contributed by atoms with E-state index in [-0.39, 0.29) is 0 Å². The third-order valence-corrected chi connectivity index (χ3v) is 3.72. The number of hydrogen-bond acceptors (Lipinski definition) is 2. The average molecular weight is 297 g/mol. The molecule has 0 aliphatic carbocycles. The second-order valence-electron chi connectivity index (χ2n) is 4.31. The summed E-state index contributed by atoms with van der Waals surface area (Å²) in [5, 5.41) is 11.6. The monoisotopic (exact) mass is 296 g/mol. The first-order valence-electron chi connectivity index (χ1n) is 5.80. The zero-order valence-corrected chi connectivity index (χ0v) is 12.2. The van der Waals surface area contributed by atoms with E-state index in [4.69, 9.17) is 27.9 Å². The number of aryl methyl sites for hydroxylation is 1. The van der Waals surface area contributed by atoms with Crippen LogP contribution >= 0.6 is 23.2 Å². The summed E-state index contributed by atoms with van der Waals surface area (Å²) in [6, 6.07) is 10.7. The predicted octanol–water partition coefficient (Wildman–Crippen LogP) is 4.39. The van der Waals surface area contributed by atoms with Gasteiger partial charge in [0.1, 0.15) is 11.9 Å². The van der Waals surface area contributed by atoms with Crippen molar-refractivity contribution in [1.29, 1.82) is 0 Å². The molecule has 0 spiro atoms. The Bertz CT molecular complexity index is 597. The zero-order chi connectivity index (χ0) is 14.0. The second kappa shape index (κ2) is 5.83. The summed E-state index contributed by atoms with van der Waals surface area (Å²) in [5.41, 5.74) is 2.44. The molecule has 2 nitrogen and oxygen atoms in total. The van der Waals surface area contributed by atoms with Crippen LogP contribution in [0, 0.1) is 6.92 Å². The molecule has 2 rings (SSSR count). The van der Waals surface area contributed by atoms with Crippen LogP contribution in [0.4, 0.5) is 0 Å². The standard InChI is InChI=1S/C15H14Cl2O2/c1-9-7-10(3-5-12(9)16)15(18)11-4-6-13(17)14(8-11)19-2/h3-8,15,18H,1-2H3. The second-order valence-corrected chi connectivity index (χ2v) is 5.12. The number of rotatable bonds is 3. The van der Waals surface area contributed by atoms with Gasteiger partial charge in [-0.2, -0.15) is 0 Å². The number of hydrogen-bond donors (Lipinski definition) is 1. The Labute approximate surface area is 122 Å². The van der Waals surface area contributed by atoms with Crippen LogP contribution in [0.15, 0.2) is 36.4 Å². The summed E-state index contributed by atoms with van der Waals surface area (Å²) in [6.45, 7) is 1.90. The lowest BCUT2D eigenvalue weighted by molar-refractivity contribution is 0.219. The van der Waals surface area contributed by atoms with Gasteiger partial charge in [-0.25, -0.2) is 0 Å². The quantitative estimate of drug-likeness (QED) is 0.910. The summed E-state index contributed by atoms with van der Waals surface area (Å²) in [5.74, 6) is 0.545. The minimum absolute atomic E-state index is 0.519. The molecular weight excluding hydrogens is 283 g/mol. The molecule has 0 aliphatic heterocycles. The van der Waals surface area contributed by atoms with E-state index in [2.05, 4.69) is 0 Å². The molecule has 0 radical (unpaired) electrons. The number of aliphatic hydroxyl groups excluding tert-OH is 1. The fraction of sp³-hybridized carbons (Fsp3) is 0.200. The van der Waals surface area contributed by atoms with Crippen LogP contribution in [0.5, 0.6) is 5.75 Å². The summed E-state index contributed by atoms with van der Waals surface area (Å²) < 4.78 is 5.15. The molecule has 0 fully saturated rings. The van der Waals surface area contributed by atoms with Gasteiger partial charge in [-0.3, -0.25) is 0 Å². The van der Waals surface area contributed by atoms with E-state index in [0.29, 0.717) is 15.8 Å². The topological polar surface area (TPSA) is 29.5 Å². The Morgan fingerprint density at radius 2 is 1.58 bits per heavy atom. The van der Waals surface area contributed by atoms with Crippen molar-refractivity contribution in [3.05, 3.63) is 63.1 Å². The zero-order valence-electron chi connectivity index (χ0n) is 10.7. The fourth-order valence-electron chi connectivity index (χ4n) is 1.88.